The summed E-state index contributed by atoms with van der Waals surface area (Å²) in [5, 5.41) is 7.33. The third kappa shape index (κ3) is 7.49. The molecule has 0 amide bonds. The van der Waals surface area contributed by atoms with E-state index in [4.69, 9.17) is 9.47 Å². The van der Waals surface area contributed by atoms with Crippen LogP contribution in [0, 0.1) is 0 Å². The maximum atomic E-state index is 5.48. The summed E-state index contributed by atoms with van der Waals surface area (Å²) in [6.45, 7) is 5.19. The Balaban J connectivity index is 0.00000341. The van der Waals surface area contributed by atoms with Gasteiger partial charge in [-0.05, 0) is 49.8 Å². The van der Waals surface area contributed by atoms with Gasteiger partial charge in [-0.2, -0.15) is 0 Å². The second-order valence-corrected chi connectivity index (χ2v) is 8.75. The molecule has 1 aromatic carbocycles. The van der Waals surface area contributed by atoms with E-state index in [0.29, 0.717) is 6.04 Å². The lowest BCUT2D eigenvalue weighted by Gasteiger charge is -2.34. The topological polar surface area (TPSA) is 58.1 Å². The molecule has 0 bridgehead atoms. The van der Waals surface area contributed by atoms with Crippen molar-refractivity contribution in [1.82, 2.24) is 15.5 Å². The van der Waals surface area contributed by atoms with Crippen molar-refractivity contribution in [2.75, 3.05) is 54.1 Å². The summed E-state index contributed by atoms with van der Waals surface area (Å²) in [6, 6.07) is 9.10. The first-order chi connectivity index (χ1) is 14.7. The molecular weight excluding hydrogens is 503 g/mol. The molecule has 2 N–H and O–H groups in total. The van der Waals surface area contributed by atoms with E-state index in [1.807, 2.05) is 13.1 Å². The van der Waals surface area contributed by atoms with E-state index >= 15 is 0 Å². The Morgan fingerprint density at radius 1 is 1.19 bits per heavy atom. The van der Waals surface area contributed by atoms with Crippen molar-refractivity contribution in [3.05, 3.63) is 29.8 Å². The fourth-order valence-electron chi connectivity index (χ4n) is 4.95. The van der Waals surface area contributed by atoms with Crippen molar-refractivity contribution < 1.29 is 9.47 Å². The van der Waals surface area contributed by atoms with Gasteiger partial charge >= 0.3 is 0 Å². The van der Waals surface area contributed by atoms with Gasteiger partial charge < -0.3 is 25.0 Å². The second kappa shape index (κ2) is 13.5. The molecule has 0 spiro atoms. The van der Waals surface area contributed by atoms with Crippen molar-refractivity contribution in [3.8, 4) is 5.75 Å². The van der Waals surface area contributed by atoms with Crippen LogP contribution in [0.15, 0.2) is 29.3 Å². The lowest BCUT2D eigenvalue weighted by atomic mass is 9.78. The zero-order valence-corrected chi connectivity index (χ0v) is 21.8. The molecule has 3 rings (SSSR count). The monoisotopic (exact) mass is 544 g/mol. The van der Waals surface area contributed by atoms with Gasteiger partial charge in [0.2, 0.25) is 0 Å². The molecule has 1 saturated carbocycles. The van der Waals surface area contributed by atoms with Crippen LogP contribution in [0.25, 0.3) is 0 Å². The summed E-state index contributed by atoms with van der Waals surface area (Å²) >= 11 is 0. The van der Waals surface area contributed by atoms with Crippen LogP contribution in [-0.2, 0) is 10.2 Å². The number of aliphatic imine (C=N–C) groups is 1. The number of guanidine groups is 1. The third-order valence-corrected chi connectivity index (χ3v) is 6.81. The number of benzene rings is 1. The number of nitrogens with one attached hydrogen (secondary N) is 2. The molecule has 1 aliphatic heterocycles. The van der Waals surface area contributed by atoms with Crippen molar-refractivity contribution in [2.24, 2.45) is 4.99 Å². The van der Waals surface area contributed by atoms with Crippen LogP contribution in [0.2, 0.25) is 0 Å². The molecule has 0 aromatic heterocycles. The predicted octanol–water partition coefficient (Wildman–Crippen LogP) is 3.79. The van der Waals surface area contributed by atoms with E-state index < -0.39 is 0 Å². The Hall–Kier alpha value is -1.06. The van der Waals surface area contributed by atoms with Gasteiger partial charge in [0, 0.05) is 58.4 Å². The summed E-state index contributed by atoms with van der Waals surface area (Å²) in [5.74, 6) is 1.88. The van der Waals surface area contributed by atoms with Crippen LogP contribution in [0.3, 0.4) is 0 Å². The number of hydrogen-bond acceptors (Lipinski definition) is 4. The average Bonchev–Trinajstić information content (AvgIpc) is 3.28. The van der Waals surface area contributed by atoms with E-state index in [-0.39, 0.29) is 29.4 Å². The minimum Gasteiger partial charge on any atom is -0.497 e. The highest BCUT2D eigenvalue weighted by molar-refractivity contribution is 14.0. The van der Waals surface area contributed by atoms with Crippen LogP contribution in [0.4, 0.5) is 0 Å². The third-order valence-electron chi connectivity index (χ3n) is 6.81. The number of hydrogen-bond donors (Lipinski definition) is 2. The number of piperidine rings is 1. The highest BCUT2D eigenvalue weighted by atomic mass is 127. The second-order valence-electron chi connectivity index (χ2n) is 8.75. The lowest BCUT2D eigenvalue weighted by molar-refractivity contribution is 0.155. The minimum absolute atomic E-state index is 0. The largest absolute Gasteiger partial charge is 0.497 e. The Morgan fingerprint density at radius 3 is 2.58 bits per heavy atom. The van der Waals surface area contributed by atoms with E-state index in [9.17, 15) is 0 Å². The van der Waals surface area contributed by atoms with Gasteiger partial charge in [-0.25, -0.2) is 0 Å². The Kier molecular flexibility index (Phi) is 11.4. The van der Waals surface area contributed by atoms with E-state index in [2.05, 4.69) is 38.7 Å². The highest BCUT2D eigenvalue weighted by Crippen LogP contribution is 2.41. The quantitative estimate of drug-likeness (QED) is 0.215. The molecule has 176 valence electrons. The van der Waals surface area contributed by atoms with Crippen molar-refractivity contribution in [2.45, 2.75) is 56.4 Å². The summed E-state index contributed by atoms with van der Waals surface area (Å²) in [6.07, 6.45) is 8.43. The van der Waals surface area contributed by atoms with Crippen LogP contribution < -0.4 is 15.4 Å². The Labute approximate surface area is 205 Å². The predicted molar refractivity (Wildman–Crippen MR) is 139 cm³/mol. The van der Waals surface area contributed by atoms with Crippen molar-refractivity contribution in [1.29, 1.82) is 0 Å². The SMILES string of the molecule is CN=C(NCC1(c2cccc(OC)c2)CCCC1)NC1CCN(CCCOC)CC1.I. The molecule has 6 nitrogen and oxygen atoms in total. The van der Waals surface area contributed by atoms with E-state index in [1.165, 1.54) is 31.2 Å². The normalized spacial score (nSPS) is 19.6. The zero-order chi connectivity index (χ0) is 21.2. The van der Waals surface area contributed by atoms with Gasteiger partial charge in [-0.1, -0.05) is 25.0 Å². The van der Waals surface area contributed by atoms with Crippen LogP contribution >= 0.6 is 24.0 Å². The van der Waals surface area contributed by atoms with Crippen molar-refractivity contribution >= 4 is 29.9 Å². The van der Waals surface area contributed by atoms with Crippen LogP contribution in [0.1, 0.15) is 50.5 Å². The molecular formula is C24H41IN4O2. The fraction of sp³-hybridized carbons (Fsp3) is 0.708. The van der Waals surface area contributed by atoms with Gasteiger partial charge in [-0.15, -0.1) is 24.0 Å². The molecule has 0 atom stereocenters. The zero-order valence-electron chi connectivity index (χ0n) is 19.5. The standard InChI is InChI=1S/C24H40N4O2.HI/c1-25-23(27-21-10-15-28(16-11-21)14-7-17-29-2)26-19-24(12-4-5-13-24)20-8-6-9-22(18-20)30-3;/h6,8-9,18,21H,4-5,7,10-17,19H2,1-3H3,(H2,25,26,27);1H. The summed E-state index contributed by atoms with van der Waals surface area (Å²) in [5.41, 5.74) is 1.54. The molecule has 0 unspecified atom stereocenters. The molecule has 1 heterocycles. The molecule has 31 heavy (non-hydrogen) atoms. The Bertz CT molecular complexity index is 671. The number of rotatable bonds is 9. The Morgan fingerprint density at radius 2 is 1.94 bits per heavy atom. The van der Waals surface area contributed by atoms with E-state index in [0.717, 1.165) is 63.8 Å². The average molecular weight is 545 g/mol. The van der Waals surface area contributed by atoms with Crippen LogP contribution in [-0.4, -0.2) is 71.0 Å². The smallest absolute Gasteiger partial charge is 0.191 e. The lowest BCUT2D eigenvalue weighted by Crippen LogP contribution is -2.51. The summed E-state index contributed by atoms with van der Waals surface area (Å²) < 4.78 is 10.7. The first-order valence-corrected chi connectivity index (χ1v) is 11.5. The molecule has 2 fully saturated rings. The number of methoxy groups -OCH3 is 2. The van der Waals surface area contributed by atoms with Gasteiger partial charge in [0.1, 0.15) is 5.75 Å². The van der Waals surface area contributed by atoms with Gasteiger partial charge in [-0.3, -0.25) is 4.99 Å². The van der Waals surface area contributed by atoms with Gasteiger partial charge in [0.05, 0.1) is 7.11 Å². The first-order valence-electron chi connectivity index (χ1n) is 11.5. The highest BCUT2D eigenvalue weighted by Gasteiger charge is 2.36. The van der Waals surface area contributed by atoms with Gasteiger partial charge in [0.25, 0.3) is 0 Å². The minimum atomic E-state index is 0. The molecule has 1 aliphatic carbocycles. The number of likely N-dealkylation sites (tertiary alicyclic amines) is 1. The molecule has 1 aromatic rings. The van der Waals surface area contributed by atoms with Crippen LogP contribution in [0.5, 0.6) is 5.75 Å². The molecule has 2 aliphatic rings. The summed E-state index contributed by atoms with van der Waals surface area (Å²) in [4.78, 5) is 7.07. The number of ether oxygens (including phenoxy) is 2. The maximum absolute atomic E-state index is 5.48. The van der Waals surface area contributed by atoms with Crippen molar-refractivity contribution in [3.63, 3.8) is 0 Å². The molecule has 1 saturated heterocycles. The van der Waals surface area contributed by atoms with Gasteiger partial charge in [0.15, 0.2) is 5.96 Å². The molecule has 7 heteroatoms. The summed E-state index contributed by atoms with van der Waals surface area (Å²) in [7, 11) is 5.40. The van der Waals surface area contributed by atoms with E-state index in [1.54, 1.807) is 14.2 Å². The number of nitrogens with zero attached hydrogens (tertiary/aromatic N) is 2. The number of halogens is 1. The molecule has 0 radical (unpaired) electrons. The first kappa shape index (κ1) is 26.2. The fourth-order valence-corrected chi connectivity index (χ4v) is 4.95. The maximum Gasteiger partial charge on any atom is 0.191 e.